The van der Waals surface area contributed by atoms with Crippen molar-refractivity contribution in [2.24, 2.45) is 0 Å². The van der Waals surface area contributed by atoms with Gasteiger partial charge in [-0.3, -0.25) is 0 Å². The number of rotatable bonds is 7. The zero-order chi connectivity index (χ0) is 13.7. The third kappa shape index (κ3) is 3.79. The van der Waals surface area contributed by atoms with Gasteiger partial charge in [0, 0.05) is 30.6 Å². The average molecular weight is 282 g/mol. The molecule has 2 aromatic rings. The van der Waals surface area contributed by atoms with Gasteiger partial charge in [-0.15, -0.1) is 0 Å². The quantitative estimate of drug-likeness (QED) is 0.754. The SMILES string of the molecule is CCNS(=O)(=O)CCNCc1coc2ccccc12. The van der Waals surface area contributed by atoms with Crippen LogP contribution in [-0.4, -0.2) is 27.3 Å². The smallest absolute Gasteiger partial charge is 0.212 e. The summed E-state index contributed by atoms with van der Waals surface area (Å²) in [6, 6.07) is 7.78. The molecule has 5 nitrogen and oxygen atoms in total. The Morgan fingerprint density at radius 2 is 2.05 bits per heavy atom. The van der Waals surface area contributed by atoms with Gasteiger partial charge < -0.3 is 9.73 Å². The molecule has 2 N–H and O–H groups in total. The van der Waals surface area contributed by atoms with E-state index in [-0.39, 0.29) is 5.75 Å². The standard InChI is InChI=1S/C13H18N2O3S/c1-2-15-19(16,17)8-7-14-9-11-10-18-13-6-4-3-5-12(11)13/h3-6,10,14-15H,2,7-9H2,1H3. The molecule has 2 rings (SSSR count). The Balaban J connectivity index is 1.86. The van der Waals surface area contributed by atoms with E-state index in [0.29, 0.717) is 19.6 Å². The van der Waals surface area contributed by atoms with Crippen LogP contribution in [0.5, 0.6) is 0 Å². The van der Waals surface area contributed by atoms with Crippen molar-refractivity contribution >= 4 is 21.0 Å². The first-order valence-corrected chi connectivity index (χ1v) is 7.91. The topological polar surface area (TPSA) is 71.3 Å². The molecule has 1 aromatic carbocycles. The van der Waals surface area contributed by atoms with Crippen LogP contribution in [-0.2, 0) is 16.6 Å². The fourth-order valence-corrected chi connectivity index (χ4v) is 2.89. The number of para-hydroxylation sites is 1. The molecule has 0 radical (unpaired) electrons. The van der Waals surface area contributed by atoms with Crippen molar-refractivity contribution < 1.29 is 12.8 Å². The monoisotopic (exact) mass is 282 g/mol. The van der Waals surface area contributed by atoms with Gasteiger partial charge in [0.25, 0.3) is 0 Å². The minimum atomic E-state index is -3.15. The maximum Gasteiger partial charge on any atom is 0.212 e. The second kappa shape index (κ2) is 6.18. The van der Waals surface area contributed by atoms with E-state index in [4.69, 9.17) is 4.42 Å². The van der Waals surface area contributed by atoms with Crippen molar-refractivity contribution in [1.29, 1.82) is 0 Å². The lowest BCUT2D eigenvalue weighted by atomic mass is 10.2. The van der Waals surface area contributed by atoms with E-state index >= 15 is 0 Å². The summed E-state index contributed by atoms with van der Waals surface area (Å²) in [5.41, 5.74) is 1.89. The molecular formula is C13H18N2O3S. The molecule has 0 saturated carbocycles. The predicted molar refractivity (Wildman–Crippen MR) is 75.4 cm³/mol. The average Bonchev–Trinajstić information content (AvgIpc) is 2.78. The number of fused-ring (bicyclic) bond motifs is 1. The Kier molecular flexibility index (Phi) is 4.57. The van der Waals surface area contributed by atoms with Crippen LogP contribution >= 0.6 is 0 Å². The molecule has 19 heavy (non-hydrogen) atoms. The van der Waals surface area contributed by atoms with Crippen molar-refractivity contribution in [2.45, 2.75) is 13.5 Å². The highest BCUT2D eigenvalue weighted by atomic mass is 32.2. The van der Waals surface area contributed by atoms with E-state index in [9.17, 15) is 8.42 Å². The minimum absolute atomic E-state index is 0.0800. The third-order valence-electron chi connectivity index (χ3n) is 2.79. The Morgan fingerprint density at radius 3 is 2.84 bits per heavy atom. The molecule has 0 bridgehead atoms. The van der Waals surface area contributed by atoms with E-state index in [2.05, 4.69) is 10.0 Å². The molecule has 1 aromatic heterocycles. The molecule has 0 aliphatic heterocycles. The van der Waals surface area contributed by atoms with E-state index in [1.54, 1.807) is 13.2 Å². The van der Waals surface area contributed by atoms with Crippen molar-refractivity contribution in [3.63, 3.8) is 0 Å². The molecule has 0 saturated heterocycles. The summed E-state index contributed by atoms with van der Waals surface area (Å²) in [6.45, 7) is 3.20. The van der Waals surface area contributed by atoms with Crippen LogP contribution in [0.25, 0.3) is 11.0 Å². The van der Waals surface area contributed by atoms with Gasteiger partial charge in [0.15, 0.2) is 0 Å². The lowest BCUT2D eigenvalue weighted by Crippen LogP contribution is -2.31. The molecule has 0 atom stereocenters. The van der Waals surface area contributed by atoms with E-state index in [1.165, 1.54) is 0 Å². The third-order valence-corrected chi connectivity index (χ3v) is 4.26. The molecule has 0 amide bonds. The molecule has 0 aliphatic carbocycles. The molecule has 0 aliphatic rings. The lowest BCUT2D eigenvalue weighted by Gasteiger charge is -2.05. The first-order valence-electron chi connectivity index (χ1n) is 6.25. The Labute approximate surface area is 113 Å². The predicted octanol–water partition coefficient (Wildman–Crippen LogP) is 1.46. The normalized spacial score (nSPS) is 12.1. The van der Waals surface area contributed by atoms with Crippen LogP contribution < -0.4 is 10.0 Å². The number of sulfonamides is 1. The number of furan rings is 1. The number of hydrogen-bond acceptors (Lipinski definition) is 4. The minimum Gasteiger partial charge on any atom is -0.464 e. The van der Waals surface area contributed by atoms with E-state index in [1.807, 2.05) is 24.3 Å². The van der Waals surface area contributed by atoms with Gasteiger partial charge in [-0.05, 0) is 6.07 Å². The molecule has 1 heterocycles. The van der Waals surface area contributed by atoms with Crippen LogP contribution in [0.1, 0.15) is 12.5 Å². The first-order chi connectivity index (χ1) is 9.12. The molecule has 0 unspecified atom stereocenters. The number of hydrogen-bond donors (Lipinski definition) is 2. The van der Waals surface area contributed by atoms with Crippen LogP contribution in [0, 0.1) is 0 Å². The van der Waals surface area contributed by atoms with Crippen molar-refractivity contribution in [1.82, 2.24) is 10.0 Å². The number of benzene rings is 1. The van der Waals surface area contributed by atoms with Gasteiger partial charge in [-0.2, -0.15) is 0 Å². The zero-order valence-corrected chi connectivity index (χ0v) is 11.7. The molecular weight excluding hydrogens is 264 g/mol. The first kappa shape index (κ1) is 14.0. The van der Waals surface area contributed by atoms with Crippen molar-refractivity contribution in [2.75, 3.05) is 18.8 Å². The van der Waals surface area contributed by atoms with Crippen LogP contribution in [0.4, 0.5) is 0 Å². The maximum atomic E-state index is 11.4. The highest BCUT2D eigenvalue weighted by molar-refractivity contribution is 7.89. The zero-order valence-electron chi connectivity index (χ0n) is 10.8. The summed E-state index contributed by atoms with van der Waals surface area (Å²) in [5.74, 6) is 0.0800. The fourth-order valence-electron chi connectivity index (χ4n) is 1.89. The van der Waals surface area contributed by atoms with Gasteiger partial charge in [-0.25, -0.2) is 13.1 Å². The second-order valence-electron chi connectivity index (χ2n) is 4.25. The van der Waals surface area contributed by atoms with Crippen molar-refractivity contribution in [3.8, 4) is 0 Å². The highest BCUT2D eigenvalue weighted by Gasteiger charge is 2.08. The van der Waals surface area contributed by atoms with E-state index < -0.39 is 10.0 Å². The van der Waals surface area contributed by atoms with Gasteiger partial charge in [0.2, 0.25) is 10.0 Å². The summed E-state index contributed by atoms with van der Waals surface area (Å²) < 4.78 is 30.7. The molecule has 0 spiro atoms. The molecule has 104 valence electrons. The fraction of sp³-hybridized carbons (Fsp3) is 0.385. The van der Waals surface area contributed by atoms with Crippen LogP contribution in [0.3, 0.4) is 0 Å². The Bertz CT molecular complexity index is 634. The van der Waals surface area contributed by atoms with Crippen molar-refractivity contribution in [3.05, 3.63) is 36.1 Å². The van der Waals surface area contributed by atoms with E-state index in [0.717, 1.165) is 16.5 Å². The summed E-state index contributed by atoms with van der Waals surface area (Å²) >= 11 is 0. The van der Waals surface area contributed by atoms with Gasteiger partial charge >= 0.3 is 0 Å². The highest BCUT2D eigenvalue weighted by Crippen LogP contribution is 2.20. The largest absolute Gasteiger partial charge is 0.464 e. The van der Waals surface area contributed by atoms with Crippen LogP contribution in [0.2, 0.25) is 0 Å². The van der Waals surface area contributed by atoms with Crippen LogP contribution in [0.15, 0.2) is 34.9 Å². The lowest BCUT2D eigenvalue weighted by molar-refractivity contribution is 0.577. The Hall–Kier alpha value is -1.37. The summed E-state index contributed by atoms with van der Waals surface area (Å²) in [7, 11) is -3.15. The number of nitrogens with one attached hydrogen (secondary N) is 2. The summed E-state index contributed by atoms with van der Waals surface area (Å²) in [6.07, 6.45) is 1.70. The Morgan fingerprint density at radius 1 is 1.26 bits per heavy atom. The second-order valence-corrected chi connectivity index (χ2v) is 6.18. The molecule has 6 heteroatoms. The summed E-state index contributed by atoms with van der Waals surface area (Å²) in [4.78, 5) is 0. The van der Waals surface area contributed by atoms with Gasteiger partial charge in [0.05, 0.1) is 12.0 Å². The van der Waals surface area contributed by atoms with Gasteiger partial charge in [-0.1, -0.05) is 25.1 Å². The molecule has 0 fully saturated rings. The summed E-state index contributed by atoms with van der Waals surface area (Å²) in [5, 5.41) is 4.18. The van der Waals surface area contributed by atoms with Gasteiger partial charge in [0.1, 0.15) is 5.58 Å². The maximum absolute atomic E-state index is 11.4.